The lowest BCUT2D eigenvalue weighted by Crippen LogP contribution is -2.38. The molecule has 7 heteroatoms. The molecular formula is C14H26IN5O. The van der Waals surface area contributed by atoms with E-state index in [0.717, 1.165) is 25.1 Å². The van der Waals surface area contributed by atoms with Gasteiger partial charge in [0.2, 0.25) is 0 Å². The Hall–Kier alpha value is -0.830. The third kappa shape index (κ3) is 4.84. The van der Waals surface area contributed by atoms with E-state index in [1.807, 2.05) is 17.8 Å². The average molecular weight is 407 g/mol. The van der Waals surface area contributed by atoms with E-state index in [4.69, 9.17) is 10.5 Å². The zero-order valence-corrected chi connectivity index (χ0v) is 15.3. The van der Waals surface area contributed by atoms with Crippen LogP contribution in [0.3, 0.4) is 0 Å². The summed E-state index contributed by atoms with van der Waals surface area (Å²) in [6, 6.07) is 2.36. The molecule has 0 aromatic carbocycles. The van der Waals surface area contributed by atoms with Gasteiger partial charge in [-0.05, 0) is 25.8 Å². The highest BCUT2D eigenvalue weighted by molar-refractivity contribution is 14.0. The number of hydrogen-bond acceptors (Lipinski definition) is 3. The van der Waals surface area contributed by atoms with Gasteiger partial charge in [-0.2, -0.15) is 5.10 Å². The van der Waals surface area contributed by atoms with Crippen molar-refractivity contribution in [3.05, 3.63) is 18.0 Å². The Bertz CT molecular complexity index is 462. The van der Waals surface area contributed by atoms with Crippen molar-refractivity contribution in [2.75, 3.05) is 13.2 Å². The smallest absolute Gasteiger partial charge is 0.188 e. The van der Waals surface area contributed by atoms with Crippen molar-refractivity contribution in [2.24, 2.45) is 23.7 Å². The van der Waals surface area contributed by atoms with E-state index in [-0.39, 0.29) is 30.1 Å². The molecule has 0 aliphatic carbocycles. The summed E-state index contributed by atoms with van der Waals surface area (Å²) in [4.78, 5) is 4.46. The topological polar surface area (TPSA) is 77.5 Å². The molecule has 1 saturated heterocycles. The molecule has 120 valence electrons. The van der Waals surface area contributed by atoms with Crippen LogP contribution in [0.4, 0.5) is 0 Å². The molecule has 0 amide bonds. The number of guanidine groups is 1. The SMILES string of the molecule is CCC(C)NC(N)=NC[C@@H]1CCO[C@H]1c1ccnn1C.I. The monoisotopic (exact) mass is 407 g/mol. The van der Waals surface area contributed by atoms with Crippen LogP contribution in [0.2, 0.25) is 0 Å². The molecule has 3 atom stereocenters. The summed E-state index contributed by atoms with van der Waals surface area (Å²) in [7, 11) is 1.94. The normalized spacial score (nSPS) is 23.7. The minimum atomic E-state index is 0. The fraction of sp³-hybridized carbons (Fsp3) is 0.714. The van der Waals surface area contributed by atoms with Crippen LogP contribution in [0.1, 0.15) is 38.5 Å². The molecule has 0 saturated carbocycles. The lowest BCUT2D eigenvalue weighted by molar-refractivity contribution is 0.0859. The van der Waals surface area contributed by atoms with Gasteiger partial charge in [-0.15, -0.1) is 24.0 Å². The molecule has 21 heavy (non-hydrogen) atoms. The Kier molecular flexibility index (Phi) is 7.44. The summed E-state index contributed by atoms with van der Waals surface area (Å²) in [5.74, 6) is 0.887. The molecular weight excluding hydrogens is 381 g/mol. The first kappa shape index (κ1) is 18.2. The lowest BCUT2D eigenvalue weighted by atomic mass is 9.99. The summed E-state index contributed by atoms with van der Waals surface area (Å²) < 4.78 is 7.70. The zero-order valence-electron chi connectivity index (χ0n) is 13.0. The number of aliphatic imine (C=N–C) groups is 1. The summed E-state index contributed by atoms with van der Waals surface area (Å²) >= 11 is 0. The van der Waals surface area contributed by atoms with Crippen LogP contribution in [0.25, 0.3) is 0 Å². The maximum atomic E-state index is 5.90. The van der Waals surface area contributed by atoms with E-state index in [1.165, 1.54) is 0 Å². The van der Waals surface area contributed by atoms with Crippen molar-refractivity contribution >= 4 is 29.9 Å². The summed E-state index contributed by atoms with van der Waals surface area (Å²) in [5, 5.41) is 7.39. The van der Waals surface area contributed by atoms with E-state index in [9.17, 15) is 0 Å². The number of nitrogens with one attached hydrogen (secondary N) is 1. The molecule has 6 nitrogen and oxygen atoms in total. The van der Waals surface area contributed by atoms with E-state index < -0.39 is 0 Å². The van der Waals surface area contributed by atoms with Gasteiger partial charge in [0.05, 0.1) is 5.69 Å². The quantitative estimate of drug-likeness (QED) is 0.444. The van der Waals surface area contributed by atoms with Crippen molar-refractivity contribution in [3.8, 4) is 0 Å². The molecule has 0 radical (unpaired) electrons. The number of nitrogens with two attached hydrogens (primary N) is 1. The summed E-state index contributed by atoms with van der Waals surface area (Å²) in [6.45, 7) is 5.67. The Morgan fingerprint density at radius 3 is 3.05 bits per heavy atom. The molecule has 2 heterocycles. The molecule has 0 bridgehead atoms. The van der Waals surface area contributed by atoms with Gasteiger partial charge in [0.25, 0.3) is 0 Å². The summed E-state index contributed by atoms with van der Waals surface area (Å²) in [5.41, 5.74) is 7.01. The van der Waals surface area contributed by atoms with Gasteiger partial charge in [0, 0.05) is 38.4 Å². The Morgan fingerprint density at radius 2 is 2.43 bits per heavy atom. The Morgan fingerprint density at radius 1 is 1.67 bits per heavy atom. The van der Waals surface area contributed by atoms with Crippen molar-refractivity contribution in [1.29, 1.82) is 0 Å². The predicted octanol–water partition coefficient (Wildman–Crippen LogP) is 1.82. The van der Waals surface area contributed by atoms with Crippen molar-refractivity contribution in [2.45, 2.75) is 38.8 Å². The van der Waals surface area contributed by atoms with Gasteiger partial charge in [0.1, 0.15) is 6.10 Å². The average Bonchev–Trinajstić information content (AvgIpc) is 3.04. The third-order valence-electron chi connectivity index (χ3n) is 3.87. The van der Waals surface area contributed by atoms with Crippen LogP contribution in [0.15, 0.2) is 17.3 Å². The van der Waals surface area contributed by atoms with E-state index in [1.54, 1.807) is 6.20 Å². The molecule has 1 aliphatic rings. The minimum Gasteiger partial charge on any atom is -0.372 e. The van der Waals surface area contributed by atoms with Crippen LogP contribution in [-0.4, -0.2) is 34.9 Å². The predicted molar refractivity (Wildman–Crippen MR) is 94.8 cm³/mol. The largest absolute Gasteiger partial charge is 0.372 e. The highest BCUT2D eigenvalue weighted by Crippen LogP contribution is 2.34. The fourth-order valence-corrected chi connectivity index (χ4v) is 2.43. The van der Waals surface area contributed by atoms with E-state index in [0.29, 0.717) is 24.5 Å². The molecule has 1 unspecified atom stereocenters. The lowest BCUT2D eigenvalue weighted by Gasteiger charge is -2.18. The highest BCUT2D eigenvalue weighted by atomic mass is 127. The van der Waals surface area contributed by atoms with Gasteiger partial charge >= 0.3 is 0 Å². The second kappa shape index (κ2) is 8.57. The van der Waals surface area contributed by atoms with E-state index in [2.05, 4.69) is 29.3 Å². The molecule has 1 aliphatic heterocycles. The van der Waals surface area contributed by atoms with Gasteiger partial charge in [0.15, 0.2) is 5.96 Å². The van der Waals surface area contributed by atoms with Gasteiger partial charge in [-0.3, -0.25) is 9.67 Å². The van der Waals surface area contributed by atoms with Crippen molar-refractivity contribution < 1.29 is 4.74 Å². The standard InChI is InChI=1S/C14H25N5O.HI/c1-4-10(2)18-14(15)16-9-11-6-8-20-13(11)12-5-7-17-19(12)3;/h5,7,10-11,13H,4,6,8-9H2,1-3H3,(H3,15,16,18);1H/t10?,11-,13+;/m0./s1. The van der Waals surface area contributed by atoms with Crippen LogP contribution in [-0.2, 0) is 11.8 Å². The second-order valence-electron chi connectivity index (χ2n) is 5.40. The number of aryl methyl sites for hydroxylation is 1. The number of rotatable bonds is 5. The highest BCUT2D eigenvalue weighted by Gasteiger charge is 2.31. The molecule has 1 fully saturated rings. The Labute approximate surface area is 143 Å². The first-order valence-corrected chi connectivity index (χ1v) is 7.27. The van der Waals surface area contributed by atoms with Crippen LogP contribution >= 0.6 is 24.0 Å². The maximum absolute atomic E-state index is 5.90. The zero-order chi connectivity index (χ0) is 14.5. The Balaban J connectivity index is 0.00000220. The molecule has 2 rings (SSSR count). The van der Waals surface area contributed by atoms with Gasteiger partial charge in [-0.1, -0.05) is 6.92 Å². The minimum absolute atomic E-state index is 0. The fourth-order valence-electron chi connectivity index (χ4n) is 2.43. The first-order valence-electron chi connectivity index (χ1n) is 7.27. The number of halogens is 1. The van der Waals surface area contributed by atoms with Gasteiger partial charge in [-0.25, -0.2) is 0 Å². The molecule has 0 spiro atoms. The van der Waals surface area contributed by atoms with Crippen LogP contribution < -0.4 is 11.1 Å². The number of nitrogens with zero attached hydrogens (tertiary/aromatic N) is 3. The van der Waals surface area contributed by atoms with E-state index >= 15 is 0 Å². The molecule has 3 N–H and O–H groups in total. The second-order valence-corrected chi connectivity index (χ2v) is 5.40. The summed E-state index contributed by atoms with van der Waals surface area (Å²) in [6.07, 6.45) is 3.91. The number of aromatic nitrogens is 2. The van der Waals surface area contributed by atoms with Crippen LogP contribution in [0.5, 0.6) is 0 Å². The first-order chi connectivity index (χ1) is 9.61. The van der Waals surface area contributed by atoms with Gasteiger partial charge < -0.3 is 15.8 Å². The molecule has 1 aromatic heterocycles. The molecule has 1 aromatic rings. The van der Waals surface area contributed by atoms with Crippen LogP contribution in [0, 0.1) is 5.92 Å². The van der Waals surface area contributed by atoms with Crippen molar-refractivity contribution in [1.82, 2.24) is 15.1 Å². The number of ether oxygens (including phenoxy) is 1. The number of hydrogen-bond donors (Lipinski definition) is 2. The third-order valence-corrected chi connectivity index (χ3v) is 3.87. The van der Waals surface area contributed by atoms with Crippen molar-refractivity contribution in [3.63, 3.8) is 0 Å². The maximum Gasteiger partial charge on any atom is 0.188 e.